The molecule has 0 atom stereocenters. The van der Waals surface area contributed by atoms with Crippen molar-refractivity contribution in [1.82, 2.24) is 14.8 Å². The van der Waals surface area contributed by atoms with Crippen molar-refractivity contribution in [3.63, 3.8) is 0 Å². The smallest absolute Gasteiger partial charge is 0.338 e. The molecule has 0 amide bonds. The summed E-state index contributed by atoms with van der Waals surface area (Å²) in [5.74, 6) is 2.20. The Bertz CT molecular complexity index is 951. The first-order chi connectivity index (χ1) is 13.9. The SMILES string of the molecule is Cc1ccc(SCc2nnc(SCc3ccc(C(=O)OC(C)C)cc3)n2C)cc1. The number of carbonyl (C=O) groups excluding carboxylic acids is 1. The molecule has 5 nitrogen and oxygen atoms in total. The van der Waals surface area contributed by atoms with Crippen LogP contribution in [0.1, 0.15) is 41.2 Å². The molecule has 0 bridgehead atoms. The Hall–Kier alpha value is -2.25. The molecule has 0 saturated heterocycles. The van der Waals surface area contributed by atoms with Crippen molar-refractivity contribution in [2.45, 2.75) is 48.4 Å². The number of aryl methyl sites for hydroxylation is 1. The average Bonchev–Trinajstić information content (AvgIpc) is 3.05. The number of hydrogen-bond acceptors (Lipinski definition) is 6. The number of carbonyl (C=O) groups is 1. The van der Waals surface area contributed by atoms with Crippen molar-refractivity contribution in [2.75, 3.05) is 0 Å². The molecular weight excluding hydrogens is 402 g/mol. The van der Waals surface area contributed by atoms with Gasteiger partial charge in [-0.1, -0.05) is 41.6 Å². The summed E-state index contributed by atoms with van der Waals surface area (Å²) in [7, 11) is 2.00. The summed E-state index contributed by atoms with van der Waals surface area (Å²) in [6.07, 6.45) is -0.119. The molecule has 29 heavy (non-hydrogen) atoms. The molecule has 3 aromatic rings. The number of ether oxygens (including phenoxy) is 1. The second kappa shape index (κ2) is 9.98. The lowest BCUT2D eigenvalue weighted by Crippen LogP contribution is -2.11. The molecule has 0 saturated carbocycles. The standard InChI is InChI=1S/C22H25N3O2S2/c1-15(2)27-21(26)18-9-7-17(8-10-18)13-29-22-24-23-20(25(22)4)14-28-19-11-5-16(3)6-12-19/h5-12,15H,13-14H2,1-4H3. The minimum atomic E-state index is -0.289. The Morgan fingerprint density at radius 3 is 2.34 bits per heavy atom. The predicted octanol–water partition coefficient (Wildman–Crippen LogP) is 5.27. The zero-order valence-electron chi connectivity index (χ0n) is 17.1. The number of esters is 1. The zero-order valence-corrected chi connectivity index (χ0v) is 18.7. The lowest BCUT2D eigenvalue weighted by molar-refractivity contribution is 0.0378. The fraction of sp³-hybridized carbons (Fsp3) is 0.318. The highest BCUT2D eigenvalue weighted by Gasteiger charge is 2.11. The number of hydrogen-bond donors (Lipinski definition) is 0. The second-order valence-electron chi connectivity index (χ2n) is 7.00. The van der Waals surface area contributed by atoms with Gasteiger partial charge >= 0.3 is 5.97 Å². The molecule has 0 unspecified atom stereocenters. The van der Waals surface area contributed by atoms with E-state index in [1.54, 1.807) is 35.7 Å². The van der Waals surface area contributed by atoms with Gasteiger partial charge in [-0.25, -0.2) is 4.79 Å². The molecule has 0 aliphatic rings. The predicted molar refractivity (Wildman–Crippen MR) is 118 cm³/mol. The van der Waals surface area contributed by atoms with Crippen LogP contribution >= 0.6 is 23.5 Å². The molecule has 0 aliphatic heterocycles. The molecule has 0 N–H and O–H groups in total. The Balaban J connectivity index is 1.54. The van der Waals surface area contributed by atoms with Crippen molar-refractivity contribution in [3.05, 3.63) is 71.0 Å². The molecule has 3 rings (SSSR count). The largest absolute Gasteiger partial charge is 0.459 e. The molecule has 2 aromatic carbocycles. The number of aromatic nitrogens is 3. The third-order valence-electron chi connectivity index (χ3n) is 4.21. The molecule has 0 radical (unpaired) electrons. The van der Waals surface area contributed by atoms with Gasteiger partial charge in [0.2, 0.25) is 0 Å². The molecular formula is C22H25N3O2S2. The van der Waals surface area contributed by atoms with Crippen LogP contribution in [0.2, 0.25) is 0 Å². The Morgan fingerprint density at radius 2 is 1.69 bits per heavy atom. The normalized spacial score (nSPS) is 11.1. The Kier molecular flexibility index (Phi) is 7.39. The third kappa shape index (κ3) is 6.11. The maximum atomic E-state index is 11.9. The van der Waals surface area contributed by atoms with E-state index in [-0.39, 0.29) is 12.1 Å². The summed E-state index contributed by atoms with van der Waals surface area (Å²) in [6, 6.07) is 16.0. The summed E-state index contributed by atoms with van der Waals surface area (Å²) >= 11 is 3.39. The van der Waals surface area contributed by atoms with E-state index in [2.05, 4.69) is 41.4 Å². The molecule has 7 heteroatoms. The van der Waals surface area contributed by atoms with Crippen LogP contribution in [-0.2, 0) is 23.3 Å². The van der Waals surface area contributed by atoms with Crippen LogP contribution in [0, 0.1) is 6.92 Å². The van der Waals surface area contributed by atoms with E-state index in [0.29, 0.717) is 5.56 Å². The van der Waals surface area contributed by atoms with Crippen LogP contribution in [0.25, 0.3) is 0 Å². The van der Waals surface area contributed by atoms with E-state index in [1.807, 2.05) is 37.6 Å². The van der Waals surface area contributed by atoms with Gasteiger partial charge in [-0.15, -0.1) is 22.0 Å². The molecule has 0 spiro atoms. The van der Waals surface area contributed by atoms with Gasteiger partial charge in [-0.05, 0) is 50.6 Å². The average molecular weight is 428 g/mol. The minimum Gasteiger partial charge on any atom is -0.459 e. The van der Waals surface area contributed by atoms with Crippen molar-refractivity contribution in [2.24, 2.45) is 7.05 Å². The van der Waals surface area contributed by atoms with Crippen LogP contribution in [0.4, 0.5) is 0 Å². The van der Waals surface area contributed by atoms with Crippen molar-refractivity contribution in [1.29, 1.82) is 0 Å². The van der Waals surface area contributed by atoms with Gasteiger partial charge in [-0.3, -0.25) is 0 Å². The first kappa shape index (κ1) is 21.5. The van der Waals surface area contributed by atoms with Gasteiger partial charge in [0.15, 0.2) is 5.16 Å². The van der Waals surface area contributed by atoms with E-state index >= 15 is 0 Å². The summed E-state index contributed by atoms with van der Waals surface area (Å²) < 4.78 is 7.26. The zero-order chi connectivity index (χ0) is 20.8. The van der Waals surface area contributed by atoms with Gasteiger partial charge in [0.25, 0.3) is 0 Å². The van der Waals surface area contributed by atoms with E-state index in [0.717, 1.165) is 28.0 Å². The van der Waals surface area contributed by atoms with Gasteiger partial charge in [0.1, 0.15) is 5.82 Å². The highest BCUT2D eigenvalue weighted by atomic mass is 32.2. The fourth-order valence-corrected chi connectivity index (χ4v) is 4.31. The summed E-state index contributed by atoms with van der Waals surface area (Å²) in [6.45, 7) is 5.78. The van der Waals surface area contributed by atoms with E-state index in [9.17, 15) is 4.79 Å². The first-order valence-corrected chi connectivity index (χ1v) is 11.4. The number of thioether (sulfide) groups is 2. The highest BCUT2D eigenvalue weighted by Crippen LogP contribution is 2.25. The van der Waals surface area contributed by atoms with Gasteiger partial charge in [-0.2, -0.15) is 0 Å². The first-order valence-electron chi connectivity index (χ1n) is 9.43. The molecule has 152 valence electrons. The Labute approximate surface area is 180 Å². The number of benzene rings is 2. The quantitative estimate of drug-likeness (QED) is 0.360. The van der Waals surface area contributed by atoms with E-state index in [4.69, 9.17) is 4.74 Å². The molecule has 0 aliphatic carbocycles. The topological polar surface area (TPSA) is 57.0 Å². The van der Waals surface area contributed by atoms with Crippen molar-refractivity contribution < 1.29 is 9.53 Å². The molecule has 0 fully saturated rings. The lowest BCUT2D eigenvalue weighted by Gasteiger charge is -2.08. The van der Waals surface area contributed by atoms with Crippen LogP contribution in [0.3, 0.4) is 0 Å². The third-order valence-corrected chi connectivity index (χ3v) is 6.31. The lowest BCUT2D eigenvalue weighted by atomic mass is 10.1. The van der Waals surface area contributed by atoms with Gasteiger partial charge in [0.05, 0.1) is 17.4 Å². The maximum absolute atomic E-state index is 11.9. The van der Waals surface area contributed by atoms with Crippen molar-refractivity contribution in [3.8, 4) is 0 Å². The molecule has 1 aromatic heterocycles. The Morgan fingerprint density at radius 1 is 1.00 bits per heavy atom. The molecule has 1 heterocycles. The van der Waals surface area contributed by atoms with Crippen molar-refractivity contribution >= 4 is 29.5 Å². The summed E-state index contributed by atoms with van der Waals surface area (Å²) in [4.78, 5) is 13.1. The summed E-state index contributed by atoms with van der Waals surface area (Å²) in [5, 5.41) is 9.54. The van der Waals surface area contributed by atoms with Crippen LogP contribution in [0.15, 0.2) is 58.6 Å². The summed E-state index contributed by atoms with van der Waals surface area (Å²) in [5.41, 5.74) is 2.95. The van der Waals surface area contributed by atoms with Gasteiger partial charge < -0.3 is 9.30 Å². The minimum absolute atomic E-state index is 0.119. The van der Waals surface area contributed by atoms with E-state index < -0.39 is 0 Å². The second-order valence-corrected chi connectivity index (χ2v) is 8.99. The number of rotatable bonds is 8. The van der Waals surface area contributed by atoms with Crippen LogP contribution in [-0.4, -0.2) is 26.8 Å². The fourth-order valence-electron chi connectivity index (χ4n) is 2.55. The van der Waals surface area contributed by atoms with Gasteiger partial charge in [0, 0.05) is 17.7 Å². The van der Waals surface area contributed by atoms with E-state index in [1.165, 1.54) is 10.5 Å². The van der Waals surface area contributed by atoms with Crippen LogP contribution < -0.4 is 0 Å². The van der Waals surface area contributed by atoms with Crippen LogP contribution in [0.5, 0.6) is 0 Å². The highest BCUT2D eigenvalue weighted by molar-refractivity contribution is 7.98. The monoisotopic (exact) mass is 427 g/mol. The number of nitrogens with zero attached hydrogens (tertiary/aromatic N) is 3. The maximum Gasteiger partial charge on any atom is 0.338 e.